The van der Waals surface area contributed by atoms with Gasteiger partial charge >= 0.3 is 6.18 Å². The van der Waals surface area contributed by atoms with Crippen LogP contribution in [0.3, 0.4) is 0 Å². The zero-order valence-electron chi connectivity index (χ0n) is 22.3. The number of anilines is 2. The summed E-state index contributed by atoms with van der Waals surface area (Å²) in [7, 11) is 2.00. The third-order valence-corrected chi connectivity index (χ3v) is 6.64. The molecule has 0 radical (unpaired) electrons. The van der Waals surface area contributed by atoms with Crippen molar-refractivity contribution < 1.29 is 22.8 Å². The van der Waals surface area contributed by atoms with Gasteiger partial charge in [-0.2, -0.15) is 13.2 Å². The Bertz CT molecular complexity index is 1380. The second kappa shape index (κ2) is 12.8. The summed E-state index contributed by atoms with van der Waals surface area (Å²) in [6.07, 6.45) is 3.67. The van der Waals surface area contributed by atoms with E-state index in [1.807, 2.05) is 11.9 Å². The maximum absolute atomic E-state index is 14.0. The van der Waals surface area contributed by atoms with E-state index in [1.165, 1.54) is 24.5 Å². The molecular formula is C29H31F3N6O2. The summed E-state index contributed by atoms with van der Waals surface area (Å²) in [5, 5.41) is 5.38. The number of carbonyl (C=O) groups excluding carboxylic acids is 2. The number of carbonyl (C=O) groups is 2. The third kappa shape index (κ3) is 7.96. The smallest absolute Gasteiger partial charge is 0.322 e. The number of aryl methyl sites for hydroxylation is 1. The van der Waals surface area contributed by atoms with Crippen LogP contribution in [-0.4, -0.2) is 64.8 Å². The minimum atomic E-state index is -4.60. The minimum absolute atomic E-state index is 0.106. The van der Waals surface area contributed by atoms with Crippen molar-refractivity contribution >= 4 is 29.3 Å². The van der Waals surface area contributed by atoms with Crippen molar-refractivity contribution in [2.75, 3.05) is 43.9 Å². The van der Waals surface area contributed by atoms with E-state index in [9.17, 15) is 22.8 Å². The second-order valence-corrected chi connectivity index (χ2v) is 9.78. The summed E-state index contributed by atoms with van der Waals surface area (Å²) < 4.78 is 42.0. The van der Waals surface area contributed by atoms with Gasteiger partial charge in [0.25, 0.3) is 5.91 Å². The van der Waals surface area contributed by atoms with Gasteiger partial charge in [0.1, 0.15) is 6.33 Å². The lowest BCUT2D eigenvalue weighted by Crippen LogP contribution is -2.29. The monoisotopic (exact) mass is 552 g/mol. The van der Waals surface area contributed by atoms with E-state index in [4.69, 9.17) is 0 Å². The number of likely N-dealkylation sites (N-methyl/N-ethyl adjacent to an activating group) is 1. The molecule has 0 aliphatic carbocycles. The fourth-order valence-corrected chi connectivity index (χ4v) is 4.40. The Morgan fingerprint density at radius 1 is 1.00 bits per heavy atom. The average Bonchev–Trinajstić information content (AvgIpc) is 3.13. The summed E-state index contributed by atoms with van der Waals surface area (Å²) in [4.78, 5) is 37.3. The fourth-order valence-electron chi connectivity index (χ4n) is 4.40. The molecule has 210 valence electrons. The first kappa shape index (κ1) is 28.9. The first-order valence-corrected chi connectivity index (χ1v) is 12.9. The Labute approximate surface area is 230 Å². The standard InChI is InChI=1S/C29H31F3N6O2/c1-20-4-8-24(15-26(20)36-27(39)9-5-21-16-33-19-34-17-21)35-28(40)22-6-7-23(25(14-22)29(30,31)32)18-38-11-3-10-37(2)12-13-38/h4-9,14-17,19H,3,10-13,18H2,1-2H3,(H,35,40)(H,36,39). The zero-order valence-corrected chi connectivity index (χ0v) is 22.3. The molecule has 0 saturated carbocycles. The number of benzene rings is 2. The lowest BCUT2D eigenvalue weighted by atomic mass is 10.0. The predicted octanol–water partition coefficient (Wildman–Crippen LogP) is 4.85. The van der Waals surface area contributed by atoms with Crippen molar-refractivity contribution in [2.24, 2.45) is 0 Å². The fraction of sp³-hybridized carbons (Fsp3) is 0.310. The molecule has 1 aliphatic rings. The molecule has 40 heavy (non-hydrogen) atoms. The topological polar surface area (TPSA) is 90.5 Å². The van der Waals surface area contributed by atoms with Crippen LogP contribution in [0, 0.1) is 6.92 Å². The first-order chi connectivity index (χ1) is 19.1. The van der Waals surface area contributed by atoms with Crippen molar-refractivity contribution in [3.05, 3.63) is 89.0 Å². The highest BCUT2D eigenvalue weighted by Gasteiger charge is 2.34. The van der Waals surface area contributed by atoms with Gasteiger partial charge in [0.15, 0.2) is 0 Å². The number of rotatable bonds is 7. The molecule has 4 rings (SSSR count). The Morgan fingerprint density at radius 2 is 1.77 bits per heavy atom. The van der Waals surface area contributed by atoms with Crippen LogP contribution in [-0.2, 0) is 17.5 Å². The normalized spacial score (nSPS) is 15.1. The summed E-state index contributed by atoms with van der Waals surface area (Å²) in [5.74, 6) is -1.09. The van der Waals surface area contributed by atoms with Gasteiger partial charge in [0, 0.05) is 60.6 Å². The number of amides is 2. The second-order valence-electron chi connectivity index (χ2n) is 9.78. The van der Waals surface area contributed by atoms with Gasteiger partial charge in [-0.1, -0.05) is 12.1 Å². The van der Waals surface area contributed by atoms with E-state index < -0.39 is 23.6 Å². The van der Waals surface area contributed by atoms with Crippen LogP contribution in [0.5, 0.6) is 0 Å². The third-order valence-electron chi connectivity index (χ3n) is 6.64. The zero-order chi connectivity index (χ0) is 28.7. The molecule has 2 N–H and O–H groups in total. The number of halogens is 3. The molecule has 0 unspecified atom stereocenters. The molecule has 0 bridgehead atoms. The number of hydrogen-bond acceptors (Lipinski definition) is 6. The number of nitrogens with one attached hydrogen (secondary N) is 2. The molecular weight excluding hydrogens is 521 g/mol. The van der Waals surface area contributed by atoms with Crippen LogP contribution in [0.2, 0.25) is 0 Å². The van der Waals surface area contributed by atoms with E-state index in [0.717, 1.165) is 31.1 Å². The Kier molecular flexibility index (Phi) is 9.28. The van der Waals surface area contributed by atoms with Gasteiger partial charge in [-0.15, -0.1) is 0 Å². The molecule has 1 aromatic heterocycles. The summed E-state index contributed by atoms with van der Waals surface area (Å²) in [5.41, 5.74) is 1.40. The predicted molar refractivity (Wildman–Crippen MR) is 148 cm³/mol. The quantitative estimate of drug-likeness (QED) is 0.408. The van der Waals surface area contributed by atoms with Gasteiger partial charge in [-0.3, -0.25) is 14.5 Å². The van der Waals surface area contributed by atoms with E-state index in [2.05, 4.69) is 25.5 Å². The van der Waals surface area contributed by atoms with Gasteiger partial charge < -0.3 is 15.5 Å². The van der Waals surface area contributed by atoms with E-state index >= 15 is 0 Å². The van der Waals surface area contributed by atoms with Gasteiger partial charge in [-0.25, -0.2) is 9.97 Å². The lowest BCUT2D eigenvalue weighted by molar-refractivity contribution is -0.138. The SMILES string of the molecule is Cc1ccc(NC(=O)c2ccc(CN3CCCN(C)CC3)c(C(F)(F)F)c2)cc1NC(=O)C=Cc1cncnc1. The van der Waals surface area contributed by atoms with Gasteiger partial charge in [0.2, 0.25) is 5.91 Å². The molecule has 1 saturated heterocycles. The van der Waals surface area contributed by atoms with Crippen LogP contribution >= 0.6 is 0 Å². The largest absolute Gasteiger partial charge is 0.416 e. The summed E-state index contributed by atoms with van der Waals surface area (Å²) in [6, 6.07) is 8.58. The molecule has 8 nitrogen and oxygen atoms in total. The van der Waals surface area contributed by atoms with Crippen LogP contribution in [0.25, 0.3) is 6.08 Å². The van der Waals surface area contributed by atoms with E-state index in [-0.39, 0.29) is 17.7 Å². The molecule has 0 spiro atoms. The highest BCUT2D eigenvalue weighted by atomic mass is 19.4. The highest BCUT2D eigenvalue weighted by Crippen LogP contribution is 2.34. The van der Waals surface area contributed by atoms with Gasteiger partial charge in [-0.05, 0) is 75.0 Å². The van der Waals surface area contributed by atoms with Crippen molar-refractivity contribution in [1.29, 1.82) is 0 Å². The maximum atomic E-state index is 14.0. The van der Waals surface area contributed by atoms with Crippen molar-refractivity contribution in [1.82, 2.24) is 19.8 Å². The van der Waals surface area contributed by atoms with Crippen molar-refractivity contribution in [3.8, 4) is 0 Å². The van der Waals surface area contributed by atoms with Crippen molar-refractivity contribution in [2.45, 2.75) is 26.1 Å². The average molecular weight is 553 g/mol. The summed E-state index contributed by atoms with van der Waals surface area (Å²) >= 11 is 0. The first-order valence-electron chi connectivity index (χ1n) is 12.9. The highest BCUT2D eigenvalue weighted by molar-refractivity contribution is 6.06. The molecule has 2 amide bonds. The van der Waals surface area contributed by atoms with Crippen LogP contribution in [0.15, 0.2) is 61.2 Å². The Balaban J connectivity index is 1.47. The van der Waals surface area contributed by atoms with E-state index in [0.29, 0.717) is 30.0 Å². The van der Waals surface area contributed by atoms with Gasteiger partial charge in [0.05, 0.1) is 5.56 Å². The van der Waals surface area contributed by atoms with Crippen LogP contribution in [0.4, 0.5) is 24.5 Å². The molecule has 11 heteroatoms. The van der Waals surface area contributed by atoms with Crippen molar-refractivity contribution in [3.63, 3.8) is 0 Å². The van der Waals surface area contributed by atoms with Crippen LogP contribution < -0.4 is 10.6 Å². The van der Waals surface area contributed by atoms with E-state index in [1.54, 1.807) is 43.6 Å². The molecule has 2 heterocycles. The Hall–Kier alpha value is -4.09. The number of hydrogen-bond donors (Lipinski definition) is 2. The number of alkyl halides is 3. The summed E-state index contributed by atoms with van der Waals surface area (Å²) in [6.45, 7) is 5.04. The lowest BCUT2D eigenvalue weighted by Gasteiger charge is -2.23. The molecule has 1 fully saturated rings. The van der Waals surface area contributed by atoms with Crippen LogP contribution in [0.1, 0.15) is 39.0 Å². The molecule has 0 atom stereocenters. The number of aromatic nitrogens is 2. The molecule has 1 aliphatic heterocycles. The maximum Gasteiger partial charge on any atom is 0.416 e. The molecule has 2 aromatic carbocycles. The molecule has 3 aromatic rings. The number of nitrogens with zero attached hydrogens (tertiary/aromatic N) is 4. The minimum Gasteiger partial charge on any atom is -0.322 e. The Morgan fingerprint density at radius 3 is 2.52 bits per heavy atom.